The molecule has 3 N–H and O–H groups in total. The summed E-state index contributed by atoms with van der Waals surface area (Å²) in [4.78, 5) is 10.5. The maximum absolute atomic E-state index is 10.5. The fraction of sp³-hybridized carbons (Fsp3) is 0.800. The molecule has 0 bridgehead atoms. The standard InChI is InChI=1S/C5H10N2O/c1-3-4(6)2-5(8)7-3/h3-4H,2,6H2,1H3,(H,7,8)/t3-,4+/m1/s1. The van der Waals surface area contributed by atoms with Crippen molar-refractivity contribution in [1.82, 2.24) is 5.32 Å². The van der Waals surface area contributed by atoms with Gasteiger partial charge in [0.05, 0.1) is 0 Å². The van der Waals surface area contributed by atoms with Crippen molar-refractivity contribution in [3.8, 4) is 0 Å². The van der Waals surface area contributed by atoms with Crippen LogP contribution in [-0.4, -0.2) is 18.0 Å². The van der Waals surface area contributed by atoms with Crippen LogP contribution in [0.3, 0.4) is 0 Å². The number of nitrogens with one attached hydrogen (secondary N) is 1. The first-order valence-electron chi connectivity index (χ1n) is 2.75. The van der Waals surface area contributed by atoms with E-state index in [9.17, 15) is 4.79 Å². The van der Waals surface area contributed by atoms with Crippen molar-refractivity contribution in [3.63, 3.8) is 0 Å². The normalized spacial score (nSPS) is 37.5. The van der Waals surface area contributed by atoms with E-state index in [1.165, 1.54) is 0 Å². The van der Waals surface area contributed by atoms with Crippen LogP contribution in [0.2, 0.25) is 0 Å². The van der Waals surface area contributed by atoms with Crippen LogP contribution in [0.4, 0.5) is 0 Å². The van der Waals surface area contributed by atoms with Gasteiger partial charge in [0, 0.05) is 18.5 Å². The molecular weight excluding hydrogens is 104 g/mol. The highest BCUT2D eigenvalue weighted by Gasteiger charge is 2.24. The maximum Gasteiger partial charge on any atom is 0.221 e. The average Bonchev–Trinajstić information content (AvgIpc) is 1.85. The Kier molecular flexibility index (Phi) is 1.21. The molecule has 0 radical (unpaired) electrons. The van der Waals surface area contributed by atoms with E-state index >= 15 is 0 Å². The van der Waals surface area contributed by atoms with Crippen LogP contribution in [0.1, 0.15) is 13.3 Å². The summed E-state index contributed by atoms with van der Waals surface area (Å²) in [5.74, 6) is 0.0741. The highest BCUT2D eigenvalue weighted by molar-refractivity contribution is 5.79. The summed E-state index contributed by atoms with van der Waals surface area (Å²) in [6, 6.07) is 0.199. The number of hydrogen-bond donors (Lipinski definition) is 2. The molecule has 0 aromatic heterocycles. The topological polar surface area (TPSA) is 55.1 Å². The first-order chi connectivity index (χ1) is 3.70. The zero-order valence-electron chi connectivity index (χ0n) is 4.85. The monoisotopic (exact) mass is 114 g/mol. The number of rotatable bonds is 0. The average molecular weight is 114 g/mol. The Balaban J connectivity index is 2.51. The molecule has 1 fully saturated rings. The van der Waals surface area contributed by atoms with Gasteiger partial charge in [-0.15, -0.1) is 0 Å². The summed E-state index contributed by atoms with van der Waals surface area (Å²) in [5, 5.41) is 2.70. The number of carbonyl (C=O) groups is 1. The molecule has 0 spiro atoms. The summed E-state index contributed by atoms with van der Waals surface area (Å²) >= 11 is 0. The summed E-state index contributed by atoms with van der Waals surface area (Å²) in [6.45, 7) is 1.91. The molecule has 3 heteroatoms. The molecule has 2 atom stereocenters. The Morgan fingerprint density at radius 2 is 2.50 bits per heavy atom. The molecule has 46 valence electrons. The zero-order chi connectivity index (χ0) is 6.15. The van der Waals surface area contributed by atoms with Gasteiger partial charge >= 0.3 is 0 Å². The van der Waals surface area contributed by atoms with E-state index in [-0.39, 0.29) is 18.0 Å². The third kappa shape index (κ3) is 0.816. The van der Waals surface area contributed by atoms with Gasteiger partial charge in [0.2, 0.25) is 5.91 Å². The van der Waals surface area contributed by atoms with Gasteiger partial charge in [-0.3, -0.25) is 4.79 Å². The summed E-state index contributed by atoms with van der Waals surface area (Å²) in [5.41, 5.74) is 5.49. The molecule has 1 aliphatic heterocycles. The molecule has 0 aromatic carbocycles. The van der Waals surface area contributed by atoms with Crippen LogP contribution in [0.5, 0.6) is 0 Å². The van der Waals surface area contributed by atoms with Crippen molar-refractivity contribution in [2.45, 2.75) is 25.4 Å². The van der Waals surface area contributed by atoms with E-state index in [1.54, 1.807) is 0 Å². The Bertz CT molecular complexity index is 101. The van der Waals surface area contributed by atoms with Crippen LogP contribution in [0.25, 0.3) is 0 Å². The lowest BCUT2D eigenvalue weighted by molar-refractivity contribution is -0.119. The molecule has 0 saturated carbocycles. The van der Waals surface area contributed by atoms with Crippen molar-refractivity contribution in [3.05, 3.63) is 0 Å². The second-order valence-electron chi connectivity index (χ2n) is 2.22. The number of hydrogen-bond acceptors (Lipinski definition) is 2. The predicted octanol–water partition coefficient (Wildman–Crippen LogP) is -0.778. The van der Waals surface area contributed by atoms with Crippen LogP contribution in [0, 0.1) is 0 Å². The predicted molar refractivity (Wildman–Crippen MR) is 30.2 cm³/mol. The molecular formula is C5H10N2O. The number of carbonyl (C=O) groups excluding carboxylic acids is 1. The highest BCUT2D eigenvalue weighted by Crippen LogP contribution is 2.02. The second-order valence-corrected chi connectivity index (χ2v) is 2.22. The molecule has 1 rings (SSSR count). The largest absolute Gasteiger partial charge is 0.352 e. The Morgan fingerprint density at radius 1 is 1.88 bits per heavy atom. The number of nitrogens with two attached hydrogens (primary N) is 1. The van der Waals surface area contributed by atoms with Gasteiger partial charge in [0.15, 0.2) is 0 Å². The van der Waals surface area contributed by atoms with Gasteiger partial charge in [0.1, 0.15) is 0 Å². The fourth-order valence-electron chi connectivity index (χ4n) is 0.811. The maximum atomic E-state index is 10.5. The third-order valence-corrected chi connectivity index (χ3v) is 1.45. The van der Waals surface area contributed by atoms with Crippen LogP contribution in [-0.2, 0) is 4.79 Å². The minimum Gasteiger partial charge on any atom is -0.352 e. The lowest BCUT2D eigenvalue weighted by atomic mass is 10.2. The minimum absolute atomic E-state index is 0.0301. The van der Waals surface area contributed by atoms with Crippen molar-refractivity contribution < 1.29 is 4.79 Å². The molecule has 1 saturated heterocycles. The molecule has 0 aliphatic carbocycles. The Hall–Kier alpha value is -0.570. The fourth-order valence-corrected chi connectivity index (χ4v) is 0.811. The molecule has 1 amide bonds. The quantitative estimate of drug-likeness (QED) is 0.434. The molecule has 8 heavy (non-hydrogen) atoms. The molecule has 1 heterocycles. The van der Waals surface area contributed by atoms with Gasteiger partial charge in [-0.25, -0.2) is 0 Å². The van der Waals surface area contributed by atoms with Crippen molar-refractivity contribution in [2.75, 3.05) is 0 Å². The number of amides is 1. The van der Waals surface area contributed by atoms with Crippen molar-refractivity contribution >= 4 is 5.91 Å². The second kappa shape index (κ2) is 1.74. The van der Waals surface area contributed by atoms with Gasteiger partial charge in [0.25, 0.3) is 0 Å². The van der Waals surface area contributed by atoms with Gasteiger partial charge in [-0.1, -0.05) is 0 Å². The van der Waals surface area contributed by atoms with E-state index in [1.807, 2.05) is 6.92 Å². The van der Waals surface area contributed by atoms with Gasteiger partial charge in [-0.2, -0.15) is 0 Å². The Morgan fingerprint density at radius 3 is 2.62 bits per heavy atom. The summed E-state index contributed by atoms with van der Waals surface area (Å²) in [6.07, 6.45) is 0.487. The molecule has 1 aliphatic rings. The minimum atomic E-state index is 0.0301. The van der Waals surface area contributed by atoms with E-state index in [2.05, 4.69) is 5.32 Å². The smallest absolute Gasteiger partial charge is 0.221 e. The van der Waals surface area contributed by atoms with E-state index in [0.29, 0.717) is 6.42 Å². The molecule has 0 unspecified atom stereocenters. The summed E-state index contributed by atoms with van der Waals surface area (Å²) < 4.78 is 0. The first kappa shape index (κ1) is 5.56. The van der Waals surface area contributed by atoms with E-state index < -0.39 is 0 Å². The third-order valence-electron chi connectivity index (χ3n) is 1.45. The highest BCUT2D eigenvalue weighted by atomic mass is 16.2. The van der Waals surface area contributed by atoms with E-state index in [4.69, 9.17) is 5.73 Å². The zero-order valence-corrected chi connectivity index (χ0v) is 4.85. The van der Waals surface area contributed by atoms with E-state index in [0.717, 1.165) is 0 Å². The van der Waals surface area contributed by atoms with Gasteiger partial charge < -0.3 is 11.1 Å². The Labute approximate surface area is 48.2 Å². The van der Waals surface area contributed by atoms with Crippen molar-refractivity contribution in [2.24, 2.45) is 5.73 Å². The van der Waals surface area contributed by atoms with Crippen LogP contribution < -0.4 is 11.1 Å². The van der Waals surface area contributed by atoms with Gasteiger partial charge in [-0.05, 0) is 6.92 Å². The SMILES string of the molecule is C[C@H]1NC(=O)C[C@@H]1N. The van der Waals surface area contributed by atoms with Crippen LogP contribution in [0.15, 0.2) is 0 Å². The first-order valence-corrected chi connectivity index (χ1v) is 2.75. The summed E-state index contributed by atoms with van der Waals surface area (Å²) in [7, 11) is 0. The lowest BCUT2D eigenvalue weighted by Gasteiger charge is -2.05. The van der Waals surface area contributed by atoms with Crippen LogP contribution >= 0.6 is 0 Å². The van der Waals surface area contributed by atoms with Crippen molar-refractivity contribution in [1.29, 1.82) is 0 Å². The molecule has 3 nitrogen and oxygen atoms in total. The molecule has 0 aromatic rings. The lowest BCUT2D eigenvalue weighted by Crippen LogP contribution is -2.33.